The Morgan fingerprint density at radius 2 is 2.04 bits per heavy atom. The largest absolute Gasteiger partial charge is 0.339 e. The third kappa shape index (κ3) is 4.94. The number of hydrogen-bond donors (Lipinski definition) is 2. The number of hydroxylamine groups is 1. The fourth-order valence-corrected chi connectivity index (χ4v) is 2.62. The van der Waals surface area contributed by atoms with Crippen molar-refractivity contribution in [3.05, 3.63) is 42.1 Å². The highest BCUT2D eigenvalue weighted by Crippen LogP contribution is 2.12. The van der Waals surface area contributed by atoms with Crippen LogP contribution in [0.1, 0.15) is 23.8 Å². The van der Waals surface area contributed by atoms with E-state index in [9.17, 15) is 9.59 Å². The number of fused-ring (bicyclic) bond motifs is 1. The summed E-state index contributed by atoms with van der Waals surface area (Å²) in [6.07, 6.45) is 2.46. The first-order valence-electron chi connectivity index (χ1n) is 7.73. The van der Waals surface area contributed by atoms with Gasteiger partial charge in [-0.1, -0.05) is 24.3 Å². The van der Waals surface area contributed by atoms with Crippen LogP contribution in [0.2, 0.25) is 0 Å². The Morgan fingerprint density at radius 3 is 2.79 bits per heavy atom. The van der Waals surface area contributed by atoms with Crippen molar-refractivity contribution in [1.29, 1.82) is 0 Å². The van der Waals surface area contributed by atoms with Gasteiger partial charge in [-0.25, -0.2) is 10.5 Å². The summed E-state index contributed by atoms with van der Waals surface area (Å²) in [6, 6.07) is 10.4. The van der Waals surface area contributed by atoms with Crippen molar-refractivity contribution in [1.82, 2.24) is 15.8 Å². The number of rotatable bonds is 8. The summed E-state index contributed by atoms with van der Waals surface area (Å²) in [5, 5.41) is 3.69. The molecule has 6 nitrogen and oxygen atoms in total. The van der Waals surface area contributed by atoms with Crippen LogP contribution in [0.5, 0.6) is 0 Å². The third-order valence-corrected chi connectivity index (χ3v) is 4.02. The monoisotopic (exact) mass is 347 g/mol. The maximum absolute atomic E-state index is 12.4. The molecular weight excluding hydrogens is 326 g/mol. The Bertz CT molecular complexity index is 708. The molecule has 0 aliphatic carbocycles. The van der Waals surface area contributed by atoms with Gasteiger partial charge in [0.15, 0.2) is 0 Å². The van der Waals surface area contributed by atoms with Crippen molar-refractivity contribution in [2.24, 2.45) is 0 Å². The second kappa shape index (κ2) is 9.24. The van der Waals surface area contributed by atoms with E-state index in [2.05, 4.69) is 15.8 Å². The smallest absolute Gasteiger partial charge is 0.270 e. The molecule has 2 N–H and O–H groups in total. The average Bonchev–Trinajstić information content (AvgIpc) is 2.62. The number of hydrogen-bond acceptors (Lipinski definition) is 5. The molecule has 0 bridgehead atoms. The van der Waals surface area contributed by atoms with E-state index >= 15 is 0 Å². The summed E-state index contributed by atoms with van der Waals surface area (Å²) in [4.78, 5) is 33.8. The van der Waals surface area contributed by atoms with Crippen LogP contribution in [0.3, 0.4) is 0 Å². The van der Waals surface area contributed by atoms with Crippen LogP contribution in [0, 0.1) is 0 Å². The number of carbonyl (C=O) groups is 2. The highest BCUT2D eigenvalue weighted by atomic mass is 32.2. The number of aromatic nitrogens is 1. The SMILES string of the molecule is CCONC(=O)C(CCSC)NC(=O)c1ccc2ccccc2n1. The van der Waals surface area contributed by atoms with Gasteiger partial charge in [-0.05, 0) is 37.5 Å². The normalized spacial score (nSPS) is 11.9. The molecule has 2 amide bonds. The summed E-state index contributed by atoms with van der Waals surface area (Å²) in [7, 11) is 0. The number of amides is 2. The highest BCUT2D eigenvalue weighted by molar-refractivity contribution is 7.98. The molecule has 0 spiro atoms. The molecule has 2 aromatic rings. The Labute approximate surface area is 145 Å². The molecule has 128 valence electrons. The minimum Gasteiger partial charge on any atom is -0.339 e. The predicted octanol–water partition coefficient (Wildman–Crippen LogP) is 2.15. The molecule has 7 heteroatoms. The van der Waals surface area contributed by atoms with Crippen molar-refractivity contribution in [2.75, 3.05) is 18.6 Å². The van der Waals surface area contributed by atoms with Crippen LogP contribution in [-0.2, 0) is 9.63 Å². The lowest BCUT2D eigenvalue weighted by molar-refractivity contribution is -0.135. The molecular formula is C17H21N3O3S. The van der Waals surface area contributed by atoms with E-state index in [1.807, 2.05) is 36.6 Å². The second-order valence-electron chi connectivity index (χ2n) is 5.10. The fourth-order valence-electron chi connectivity index (χ4n) is 2.14. The molecule has 0 aliphatic heterocycles. The summed E-state index contributed by atoms with van der Waals surface area (Å²) >= 11 is 1.61. The Kier molecular flexibility index (Phi) is 7.02. The number of pyridine rings is 1. The number of carbonyl (C=O) groups excluding carboxylic acids is 2. The lowest BCUT2D eigenvalue weighted by Gasteiger charge is -2.17. The molecule has 0 saturated heterocycles. The van der Waals surface area contributed by atoms with Gasteiger partial charge >= 0.3 is 0 Å². The lowest BCUT2D eigenvalue weighted by atomic mass is 10.1. The lowest BCUT2D eigenvalue weighted by Crippen LogP contribution is -2.47. The first-order valence-corrected chi connectivity index (χ1v) is 9.12. The summed E-state index contributed by atoms with van der Waals surface area (Å²) < 4.78 is 0. The van der Waals surface area contributed by atoms with E-state index in [4.69, 9.17) is 4.84 Å². The molecule has 0 fully saturated rings. The Morgan fingerprint density at radius 1 is 1.25 bits per heavy atom. The van der Waals surface area contributed by atoms with Gasteiger partial charge in [-0.2, -0.15) is 11.8 Å². The molecule has 1 aromatic carbocycles. The first-order chi connectivity index (χ1) is 11.7. The summed E-state index contributed by atoms with van der Waals surface area (Å²) in [6.45, 7) is 2.13. The van der Waals surface area contributed by atoms with Crippen molar-refractivity contribution in [2.45, 2.75) is 19.4 Å². The molecule has 1 atom stereocenters. The van der Waals surface area contributed by atoms with Crippen molar-refractivity contribution < 1.29 is 14.4 Å². The van der Waals surface area contributed by atoms with Crippen LogP contribution in [0.15, 0.2) is 36.4 Å². The topological polar surface area (TPSA) is 80.3 Å². The van der Waals surface area contributed by atoms with E-state index in [-0.39, 0.29) is 17.5 Å². The van der Waals surface area contributed by atoms with Gasteiger partial charge < -0.3 is 5.32 Å². The molecule has 1 aromatic heterocycles. The zero-order valence-electron chi connectivity index (χ0n) is 13.7. The first kappa shape index (κ1) is 18.2. The molecule has 24 heavy (non-hydrogen) atoms. The van der Waals surface area contributed by atoms with E-state index in [1.165, 1.54) is 0 Å². The maximum atomic E-state index is 12.4. The summed E-state index contributed by atoms with van der Waals surface area (Å²) in [5.41, 5.74) is 3.37. The van der Waals surface area contributed by atoms with Gasteiger partial charge in [0, 0.05) is 5.39 Å². The minimum atomic E-state index is -0.662. The molecule has 1 heterocycles. The Balaban J connectivity index is 2.10. The number of para-hydroxylation sites is 1. The zero-order chi connectivity index (χ0) is 17.4. The number of thioether (sulfide) groups is 1. The standard InChI is InChI=1S/C17H21N3O3S/c1-3-23-20-17(22)15(10-11-24-2)19-16(21)14-9-8-12-6-4-5-7-13(12)18-14/h4-9,15H,3,10-11H2,1-2H3,(H,19,21)(H,20,22). The van der Waals surface area contributed by atoms with Crippen LogP contribution < -0.4 is 10.8 Å². The fraction of sp³-hybridized carbons (Fsp3) is 0.353. The van der Waals surface area contributed by atoms with Gasteiger partial charge in [-0.3, -0.25) is 14.4 Å². The number of nitrogens with one attached hydrogen (secondary N) is 2. The van der Waals surface area contributed by atoms with Crippen LogP contribution in [0.25, 0.3) is 10.9 Å². The zero-order valence-corrected chi connectivity index (χ0v) is 14.6. The van der Waals surface area contributed by atoms with Gasteiger partial charge in [0.1, 0.15) is 11.7 Å². The molecule has 0 saturated carbocycles. The second-order valence-corrected chi connectivity index (χ2v) is 6.08. The van der Waals surface area contributed by atoms with Crippen LogP contribution in [0.4, 0.5) is 0 Å². The van der Waals surface area contributed by atoms with Crippen LogP contribution >= 0.6 is 11.8 Å². The van der Waals surface area contributed by atoms with Crippen molar-refractivity contribution in [3.63, 3.8) is 0 Å². The predicted molar refractivity (Wildman–Crippen MR) is 95.8 cm³/mol. The van der Waals surface area contributed by atoms with Gasteiger partial charge in [0.25, 0.3) is 11.8 Å². The molecule has 0 radical (unpaired) electrons. The molecule has 2 rings (SSSR count). The number of nitrogens with zero attached hydrogens (tertiary/aromatic N) is 1. The minimum absolute atomic E-state index is 0.284. The van der Waals surface area contributed by atoms with E-state index in [0.29, 0.717) is 13.0 Å². The van der Waals surface area contributed by atoms with Crippen molar-refractivity contribution >= 4 is 34.5 Å². The molecule has 1 unspecified atom stereocenters. The van der Waals surface area contributed by atoms with Gasteiger partial charge in [0.2, 0.25) is 0 Å². The average molecular weight is 347 g/mol. The van der Waals surface area contributed by atoms with E-state index in [1.54, 1.807) is 24.8 Å². The van der Waals surface area contributed by atoms with E-state index < -0.39 is 6.04 Å². The molecule has 0 aliphatic rings. The quantitative estimate of drug-likeness (QED) is 0.715. The van der Waals surface area contributed by atoms with Gasteiger partial charge in [0.05, 0.1) is 12.1 Å². The van der Waals surface area contributed by atoms with Gasteiger partial charge in [-0.15, -0.1) is 0 Å². The maximum Gasteiger partial charge on any atom is 0.270 e. The summed E-state index contributed by atoms with van der Waals surface area (Å²) in [5.74, 6) is 0.00822. The third-order valence-electron chi connectivity index (χ3n) is 3.38. The van der Waals surface area contributed by atoms with E-state index in [0.717, 1.165) is 16.7 Å². The Hall–Kier alpha value is -2.12. The number of benzene rings is 1. The highest BCUT2D eigenvalue weighted by Gasteiger charge is 2.22. The van der Waals surface area contributed by atoms with Crippen molar-refractivity contribution in [3.8, 4) is 0 Å². The van der Waals surface area contributed by atoms with Crippen LogP contribution in [-0.4, -0.2) is 41.5 Å².